The van der Waals surface area contributed by atoms with Gasteiger partial charge in [0.25, 0.3) is 0 Å². The highest BCUT2D eigenvalue weighted by atomic mass is 33.1. The zero-order valence-electron chi connectivity index (χ0n) is 66.6. The van der Waals surface area contributed by atoms with Crippen molar-refractivity contribution in [3.05, 3.63) is 108 Å². The van der Waals surface area contributed by atoms with Crippen molar-refractivity contribution >= 4 is 116 Å². The van der Waals surface area contributed by atoms with Crippen LogP contribution in [0.1, 0.15) is 112 Å². The minimum atomic E-state index is -1.72. The molecule has 1 saturated heterocycles. The zero-order valence-corrected chi connectivity index (χ0v) is 68.2. The van der Waals surface area contributed by atoms with Crippen molar-refractivity contribution in [2.45, 2.75) is 192 Å². The Morgan fingerprint density at radius 1 is 0.565 bits per heavy atom. The Labute approximate surface area is 675 Å². The third-order valence-corrected chi connectivity index (χ3v) is 19.7. The van der Waals surface area contributed by atoms with E-state index >= 15 is 28.8 Å². The molecular weight excluding hydrogens is 1540 g/mol. The fraction of sp³-hybridized carbons (Fsp3) is 0.558. The second-order valence-corrected chi connectivity index (χ2v) is 33.3. The van der Waals surface area contributed by atoms with Crippen LogP contribution in [0.5, 0.6) is 0 Å². The molecule has 0 saturated carbocycles. The number of aliphatic hydroxyl groups excluding tert-OH is 2. The molecule has 15 N–H and O–H groups in total. The highest BCUT2D eigenvalue weighted by Crippen LogP contribution is 2.27. The van der Waals surface area contributed by atoms with E-state index in [-0.39, 0.29) is 70.6 Å². The number of rotatable bonds is 36. The first-order valence-electron chi connectivity index (χ1n) is 37.5. The van der Waals surface area contributed by atoms with Gasteiger partial charge in [-0.1, -0.05) is 100 Å². The molecule has 1 aliphatic rings. The molecule has 1 aromatic heterocycles. The number of hydrogen-bond acceptors (Lipinski definition) is 24. The first kappa shape index (κ1) is 95.6. The number of carbonyl (C=O) groups is 14. The number of ether oxygens (including phenoxy) is 3. The maximum Gasteiger partial charge on any atom is 0.419 e. The molecule has 4 aromatic rings. The van der Waals surface area contributed by atoms with Crippen LogP contribution in [0.4, 0.5) is 9.59 Å². The summed E-state index contributed by atoms with van der Waals surface area (Å²) < 4.78 is 18.7. The number of carboxylic acids is 4. The van der Waals surface area contributed by atoms with Gasteiger partial charge in [-0.15, -0.1) is 0 Å². The summed E-state index contributed by atoms with van der Waals surface area (Å²) in [5.41, 5.74) is -1.23. The standard InChI is InChI=1S/C77H111N13O23S2/c1-46(92)56(43-91)83-71(107)58-45-115-114-44-57(84-67(103)53(34-48-22-14-12-15-23-48)79-60(93)38-88(40-62(96)97)32-30-87(39-61(94)95)31-33-89(41-63(98)99)42-64(100)101)70(106)81-54(35-49-24-16-13-17-25-49)68(104)82-55(36-50-37-90(74(110)113-77(9,10)11)59-28-19-18-26-51(50)59)69(105)80-52(27-20-21-29-78-73(109)112-76(6,7)8)66(102)86-65(72(108)85-58)47(2)111-75(3,4)5/h12-19,22-26,28,37,46-47,52-58,65,91-92H,20-21,27,29-36,38-45H2,1-11H3,(H,78,109)(H,79,93)(H,80,105)(H,81,106)(H,82,104)(H,83,107)(H,84,103)(H,85,108)(H,86,102)(H,94,95)(H,96,97)(H,98,99)(H,100,101)/t46-,47-,52+,53-,54+,55-,56-,57+,58+,65-/m1/s1. The van der Waals surface area contributed by atoms with Gasteiger partial charge in [-0.05, 0) is 118 Å². The zero-order chi connectivity index (χ0) is 85.5. The molecule has 0 unspecified atom stereocenters. The average Bonchev–Trinajstić information content (AvgIpc) is 1.64. The number of para-hydroxylation sites is 1. The maximum atomic E-state index is 15.7. The Morgan fingerprint density at radius 2 is 1.07 bits per heavy atom. The van der Waals surface area contributed by atoms with E-state index in [1.54, 1.807) is 147 Å². The summed E-state index contributed by atoms with van der Waals surface area (Å²) in [4.78, 5) is 199. The minimum Gasteiger partial charge on any atom is -0.480 e. The van der Waals surface area contributed by atoms with E-state index in [1.165, 1.54) is 29.5 Å². The lowest BCUT2D eigenvalue weighted by atomic mass is 10.0. The largest absolute Gasteiger partial charge is 0.480 e. The Hall–Kier alpha value is -9.96. The third-order valence-electron chi connectivity index (χ3n) is 17.3. The summed E-state index contributed by atoms with van der Waals surface area (Å²) in [6, 6.07) is 10.4. The lowest BCUT2D eigenvalue weighted by Crippen LogP contribution is -2.63. The van der Waals surface area contributed by atoms with Crippen molar-refractivity contribution in [1.82, 2.24) is 67.1 Å². The van der Waals surface area contributed by atoms with Gasteiger partial charge in [0.05, 0.1) is 68.7 Å². The molecule has 10 atom stereocenters. The Balaban J connectivity index is 1.69. The molecule has 634 valence electrons. The fourth-order valence-electron chi connectivity index (χ4n) is 12.0. The molecule has 0 spiro atoms. The molecule has 115 heavy (non-hydrogen) atoms. The van der Waals surface area contributed by atoms with Crippen LogP contribution in [0.2, 0.25) is 0 Å². The number of fused-ring (bicyclic) bond motifs is 1. The highest BCUT2D eigenvalue weighted by Gasteiger charge is 2.39. The van der Waals surface area contributed by atoms with Crippen LogP contribution in [0.25, 0.3) is 10.9 Å². The van der Waals surface area contributed by atoms with E-state index in [2.05, 4.69) is 47.9 Å². The molecule has 1 aliphatic heterocycles. The Morgan fingerprint density at radius 3 is 1.63 bits per heavy atom. The smallest absolute Gasteiger partial charge is 0.419 e. The van der Waals surface area contributed by atoms with Gasteiger partial charge in [0.2, 0.25) is 47.3 Å². The van der Waals surface area contributed by atoms with E-state index in [9.17, 15) is 69.0 Å². The molecule has 1 fully saturated rings. The van der Waals surface area contributed by atoms with Gasteiger partial charge in [-0.25, -0.2) is 9.59 Å². The molecule has 38 heteroatoms. The van der Waals surface area contributed by atoms with Gasteiger partial charge in [0, 0.05) is 75.1 Å². The monoisotopic (exact) mass is 1650 g/mol. The Kier molecular flexibility index (Phi) is 38.2. The average molecular weight is 1650 g/mol. The number of aliphatic hydroxyl groups is 2. The SMILES string of the molecule is C[C@@H](O)[C@@H](CO)NC(=O)[C@@H]1CSSC[C@H](NC(=O)[C@@H](Cc2ccccc2)NC(=O)CN(CCN(CCN(CC(=O)O)CC(=O)O)CC(=O)O)CC(=O)O)C(=O)N[C@@H](Cc2ccccc2)C(=O)N[C@H](Cc2cn(C(=O)OC(C)(C)C)c3ccccc23)C(=O)N[C@@H](CCCCNC(=O)OC(C)(C)C)C(=O)N[C@H]([C@@H](C)OC(C)(C)C)C(=O)N1. The number of nitrogens with one attached hydrogen (secondary N) is 9. The number of unbranched alkanes of at least 4 members (excludes halogenated alkanes) is 1. The van der Waals surface area contributed by atoms with E-state index in [1.807, 2.05) is 0 Å². The van der Waals surface area contributed by atoms with Gasteiger partial charge >= 0.3 is 36.1 Å². The second kappa shape index (κ2) is 46.0. The molecule has 0 aliphatic carbocycles. The molecule has 2 heterocycles. The van der Waals surface area contributed by atoms with Gasteiger partial charge in [0.15, 0.2) is 0 Å². The number of aliphatic carboxylic acids is 4. The number of nitrogens with zero attached hydrogens (tertiary/aromatic N) is 4. The predicted molar refractivity (Wildman–Crippen MR) is 425 cm³/mol. The van der Waals surface area contributed by atoms with Crippen LogP contribution < -0.4 is 47.9 Å². The van der Waals surface area contributed by atoms with Crippen molar-refractivity contribution in [2.24, 2.45) is 0 Å². The second-order valence-electron chi connectivity index (χ2n) is 30.8. The molecule has 3 aromatic carbocycles. The summed E-state index contributed by atoms with van der Waals surface area (Å²) in [6.07, 6.45) is -3.52. The minimum absolute atomic E-state index is 0.0352. The van der Waals surface area contributed by atoms with E-state index in [0.717, 1.165) is 31.4 Å². The molecular formula is C77H111N13O23S2. The van der Waals surface area contributed by atoms with Gasteiger partial charge in [-0.3, -0.25) is 76.8 Å². The van der Waals surface area contributed by atoms with Gasteiger partial charge in [-0.2, -0.15) is 0 Å². The van der Waals surface area contributed by atoms with Crippen LogP contribution in [0.15, 0.2) is 91.1 Å². The first-order valence-corrected chi connectivity index (χ1v) is 40.0. The first-order chi connectivity index (χ1) is 54.0. The number of alkyl carbamates (subject to hydrolysis) is 1. The summed E-state index contributed by atoms with van der Waals surface area (Å²) in [5, 5.41) is 84.3. The maximum absolute atomic E-state index is 15.7. The molecule has 36 nitrogen and oxygen atoms in total. The van der Waals surface area contributed by atoms with Crippen molar-refractivity contribution in [3.8, 4) is 0 Å². The third kappa shape index (κ3) is 35.4. The number of carbonyl (C=O) groups excluding carboxylic acids is 10. The molecule has 9 amide bonds. The number of benzene rings is 3. The lowest BCUT2D eigenvalue weighted by molar-refractivity contribution is -0.143. The number of hydrogen-bond donors (Lipinski definition) is 15. The predicted octanol–water partition coefficient (Wildman–Crippen LogP) is 1.24. The highest BCUT2D eigenvalue weighted by molar-refractivity contribution is 8.76. The molecule has 0 bridgehead atoms. The van der Waals surface area contributed by atoms with Crippen LogP contribution >= 0.6 is 21.6 Å². The quantitative estimate of drug-likeness (QED) is 0.0225. The van der Waals surface area contributed by atoms with Gasteiger partial charge in [0.1, 0.15) is 53.5 Å². The van der Waals surface area contributed by atoms with E-state index in [4.69, 9.17) is 14.2 Å². The summed E-state index contributed by atoms with van der Waals surface area (Å²) >= 11 is 0. The van der Waals surface area contributed by atoms with Crippen molar-refractivity contribution in [1.29, 1.82) is 0 Å². The number of aromatic nitrogens is 1. The van der Waals surface area contributed by atoms with Crippen molar-refractivity contribution < 1.29 is 112 Å². The van der Waals surface area contributed by atoms with E-state index in [0.29, 0.717) is 27.6 Å². The van der Waals surface area contributed by atoms with Gasteiger partial charge < -0.3 is 92.7 Å². The van der Waals surface area contributed by atoms with Crippen LogP contribution in [-0.4, -0.2) is 294 Å². The number of carboxylic acid groups (broad SMARTS) is 4. The van der Waals surface area contributed by atoms with E-state index < -0.39 is 212 Å². The fourth-order valence-corrected chi connectivity index (χ4v) is 14.3. The Bertz CT molecular complexity index is 3950. The summed E-state index contributed by atoms with van der Waals surface area (Å²) in [6.45, 7) is 12.5. The van der Waals surface area contributed by atoms with Crippen LogP contribution in [0, 0.1) is 0 Å². The summed E-state index contributed by atoms with van der Waals surface area (Å²) in [7, 11) is 1.76. The number of amides is 9. The topological polar surface area (TPSA) is 511 Å². The lowest BCUT2D eigenvalue weighted by Gasteiger charge is -2.33. The summed E-state index contributed by atoms with van der Waals surface area (Å²) in [5.74, 6) is -14.2. The van der Waals surface area contributed by atoms with Crippen molar-refractivity contribution in [2.75, 3.05) is 83.6 Å². The van der Waals surface area contributed by atoms with Crippen LogP contribution in [-0.2, 0) is 91.0 Å². The molecule has 0 radical (unpaired) electrons. The normalized spacial score (nSPS) is 18.9. The van der Waals surface area contributed by atoms with Crippen LogP contribution in [0.3, 0.4) is 0 Å². The van der Waals surface area contributed by atoms with Crippen molar-refractivity contribution in [3.63, 3.8) is 0 Å². The molecule has 5 rings (SSSR count).